The number of fused-ring (bicyclic) bond motifs is 7. The summed E-state index contributed by atoms with van der Waals surface area (Å²) >= 11 is 0. The summed E-state index contributed by atoms with van der Waals surface area (Å²) in [5.74, 6) is 1.80. The second kappa shape index (κ2) is 7.49. The summed E-state index contributed by atoms with van der Waals surface area (Å²) in [6.45, 7) is 18.8. The Bertz CT molecular complexity index is 911. The molecule has 4 nitrogen and oxygen atoms in total. The van der Waals surface area contributed by atoms with Gasteiger partial charge in [-0.2, -0.15) is 0 Å². The van der Waals surface area contributed by atoms with E-state index in [1.165, 1.54) is 24.8 Å². The van der Waals surface area contributed by atoms with Gasteiger partial charge < -0.3 is 5.11 Å². The zero-order valence-corrected chi connectivity index (χ0v) is 22.5. The van der Waals surface area contributed by atoms with Gasteiger partial charge in [0.25, 0.3) is 5.91 Å². The van der Waals surface area contributed by atoms with Crippen molar-refractivity contribution >= 4 is 5.91 Å². The van der Waals surface area contributed by atoms with Gasteiger partial charge in [-0.15, -0.1) is 4.91 Å². The van der Waals surface area contributed by atoms with E-state index in [1.807, 2.05) is 0 Å². The summed E-state index contributed by atoms with van der Waals surface area (Å²) in [6, 6.07) is 0. The molecule has 1 N–H and O–H groups in total. The molecule has 0 aromatic carbocycles. The van der Waals surface area contributed by atoms with Gasteiger partial charge in [0, 0.05) is 5.18 Å². The van der Waals surface area contributed by atoms with Crippen molar-refractivity contribution in [1.29, 1.82) is 0 Å². The maximum Gasteiger partial charge on any atom is 0.292 e. The molecular weight excluding hydrogens is 422 g/mol. The number of aliphatic hydroxyl groups excluding tert-OH is 1. The highest BCUT2D eigenvalue weighted by Gasteiger charge is 2.72. The average Bonchev–Trinajstić information content (AvgIpc) is 3.18. The SMILES string of the molecule is C=C(C)[C@@H]1CC[C@]2(C(=O)N=O)CC[C@]3(C)C(CC[C@@H]4C5(C)CC[C@H](O)C(C)(C)[C@@H]5CCC43C)[C@@H]12. The van der Waals surface area contributed by atoms with Gasteiger partial charge in [0.1, 0.15) is 0 Å². The number of carbonyl (C=O) groups excluding carboxylic acids is 1. The topological polar surface area (TPSA) is 66.7 Å². The van der Waals surface area contributed by atoms with Crippen LogP contribution in [0.4, 0.5) is 0 Å². The summed E-state index contributed by atoms with van der Waals surface area (Å²) in [5, 5.41) is 13.9. The van der Waals surface area contributed by atoms with Gasteiger partial charge in [0.15, 0.2) is 0 Å². The smallest absolute Gasteiger partial charge is 0.292 e. The molecule has 3 unspecified atom stereocenters. The Kier molecular flexibility index (Phi) is 5.43. The van der Waals surface area contributed by atoms with Gasteiger partial charge in [-0.25, -0.2) is 0 Å². The van der Waals surface area contributed by atoms with Crippen LogP contribution in [-0.4, -0.2) is 17.1 Å². The highest BCUT2D eigenvalue weighted by Crippen LogP contribution is 2.77. The molecule has 190 valence electrons. The van der Waals surface area contributed by atoms with Crippen molar-refractivity contribution in [3.63, 3.8) is 0 Å². The van der Waals surface area contributed by atoms with Crippen LogP contribution in [-0.2, 0) is 4.79 Å². The highest BCUT2D eigenvalue weighted by molar-refractivity contribution is 5.84. The molecule has 1 amide bonds. The standard InChI is InChI=1S/C30H47NO3/c1-18(2)19-10-15-30(25(33)31-34)17-16-28(6)20(24(19)30)8-9-22-27(5)13-12-23(32)26(3,4)21(27)11-14-29(22,28)7/h19-24,32H,1,8-17H2,2-7H3/t19-,20?,21-,22+,23-,24+,27?,28+,29?,30-/m0/s1. The van der Waals surface area contributed by atoms with E-state index in [-0.39, 0.29) is 39.6 Å². The first-order valence-electron chi connectivity index (χ1n) is 14.0. The number of allylic oxidation sites excluding steroid dienone is 1. The number of hydrogen-bond donors (Lipinski definition) is 1. The van der Waals surface area contributed by atoms with Gasteiger partial charge >= 0.3 is 0 Å². The third-order valence-corrected chi connectivity index (χ3v) is 13.6. The van der Waals surface area contributed by atoms with Crippen LogP contribution >= 0.6 is 0 Å². The third-order valence-electron chi connectivity index (χ3n) is 13.6. The minimum Gasteiger partial charge on any atom is -0.393 e. The molecule has 0 heterocycles. The zero-order chi connectivity index (χ0) is 24.9. The maximum atomic E-state index is 13.1. The Balaban J connectivity index is 1.57. The van der Waals surface area contributed by atoms with E-state index in [0.717, 1.165) is 44.9 Å². The number of hydrogen-bond acceptors (Lipinski definition) is 3. The van der Waals surface area contributed by atoms with Crippen molar-refractivity contribution in [3.05, 3.63) is 17.1 Å². The van der Waals surface area contributed by atoms with E-state index in [2.05, 4.69) is 53.3 Å². The molecule has 5 fully saturated rings. The first kappa shape index (κ1) is 24.7. The zero-order valence-electron chi connectivity index (χ0n) is 22.5. The molecule has 0 aliphatic heterocycles. The Morgan fingerprint density at radius 2 is 1.56 bits per heavy atom. The van der Waals surface area contributed by atoms with Gasteiger partial charge in [-0.1, -0.05) is 46.8 Å². The summed E-state index contributed by atoms with van der Waals surface area (Å²) in [5.41, 5.74) is 1.21. The predicted octanol–water partition coefficient (Wildman–Crippen LogP) is 7.30. The quantitative estimate of drug-likeness (QED) is 0.341. The molecule has 0 aromatic heterocycles. The van der Waals surface area contributed by atoms with Crippen LogP contribution in [0.2, 0.25) is 0 Å². The maximum absolute atomic E-state index is 13.1. The van der Waals surface area contributed by atoms with Crippen LogP contribution in [0.25, 0.3) is 0 Å². The lowest BCUT2D eigenvalue weighted by molar-refractivity contribution is -0.246. The third kappa shape index (κ3) is 2.78. The Hall–Kier alpha value is -1.03. The van der Waals surface area contributed by atoms with E-state index in [4.69, 9.17) is 0 Å². The second-order valence-electron chi connectivity index (χ2n) is 14.6. The predicted molar refractivity (Wildman–Crippen MR) is 136 cm³/mol. The number of rotatable bonds is 2. The van der Waals surface area contributed by atoms with Crippen molar-refractivity contribution in [3.8, 4) is 0 Å². The molecule has 0 spiro atoms. The fourth-order valence-electron chi connectivity index (χ4n) is 11.6. The van der Waals surface area contributed by atoms with Crippen LogP contribution in [0, 0.1) is 61.6 Å². The molecule has 34 heavy (non-hydrogen) atoms. The minimum absolute atomic E-state index is 0.0354. The summed E-state index contributed by atoms with van der Waals surface area (Å²) in [7, 11) is 0. The molecule has 10 atom stereocenters. The number of carbonyl (C=O) groups is 1. The highest BCUT2D eigenvalue weighted by atomic mass is 16.3. The molecule has 5 saturated carbocycles. The fourth-order valence-corrected chi connectivity index (χ4v) is 11.6. The van der Waals surface area contributed by atoms with E-state index in [9.17, 15) is 14.8 Å². The lowest BCUT2D eigenvalue weighted by atomic mass is 9.32. The van der Waals surface area contributed by atoms with Gasteiger partial charge in [-0.05, 0) is 122 Å². The number of nitroso groups, excluding NO2 is 1. The van der Waals surface area contributed by atoms with Crippen LogP contribution < -0.4 is 0 Å². The number of nitrogens with zero attached hydrogens (tertiary/aromatic N) is 1. The molecule has 5 aliphatic rings. The van der Waals surface area contributed by atoms with E-state index in [1.54, 1.807) is 0 Å². The van der Waals surface area contributed by atoms with Crippen molar-refractivity contribution in [1.82, 2.24) is 0 Å². The van der Waals surface area contributed by atoms with Crippen LogP contribution in [0.3, 0.4) is 0 Å². The van der Waals surface area contributed by atoms with Gasteiger partial charge in [0.2, 0.25) is 0 Å². The summed E-state index contributed by atoms with van der Waals surface area (Å²) in [6.07, 6.45) is 10.2. The van der Waals surface area contributed by atoms with Crippen LogP contribution in [0.15, 0.2) is 17.3 Å². The van der Waals surface area contributed by atoms with Crippen molar-refractivity contribution < 1.29 is 9.90 Å². The van der Waals surface area contributed by atoms with E-state index < -0.39 is 5.41 Å². The summed E-state index contributed by atoms with van der Waals surface area (Å²) in [4.78, 5) is 24.7. The lowest BCUT2D eigenvalue weighted by Crippen LogP contribution is -2.67. The first-order chi connectivity index (χ1) is 15.8. The normalized spacial score (nSPS) is 53.6. The van der Waals surface area contributed by atoms with E-state index >= 15 is 0 Å². The molecule has 0 aromatic rings. The average molecular weight is 470 g/mol. The minimum atomic E-state index is -0.559. The molecule has 5 rings (SSSR count). The van der Waals surface area contributed by atoms with Crippen molar-refractivity contribution in [2.75, 3.05) is 0 Å². The van der Waals surface area contributed by atoms with Gasteiger partial charge in [0.05, 0.1) is 11.5 Å². The molecule has 0 saturated heterocycles. The fraction of sp³-hybridized carbons (Fsp3) is 0.900. The summed E-state index contributed by atoms with van der Waals surface area (Å²) < 4.78 is 0. The molecule has 4 heteroatoms. The molecule has 0 bridgehead atoms. The molecule has 5 aliphatic carbocycles. The molecular formula is C30H47NO3. The lowest BCUT2D eigenvalue weighted by Gasteiger charge is -2.72. The Morgan fingerprint density at radius 3 is 2.21 bits per heavy atom. The Labute approximate surface area is 206 Å². The van der Waals surface area contributed by atoms with Crippen molar-refractivity contribution in [2.24, 2.45) is 61.8 Å². The first-order valence-corrected chi connectivity index (χ1v) is 14.0. The largest absolute Gasteiger partial charge is 0.393 e. The van der Waals surface area contributed by atoms with Crippen LogP contribution in [0.1, 0.15) is 106 Å². The number of amides is 1. The number of aliphatic hydroxyl groups is 1. The Morgan fingerprint density at radius 1 is 0.853 bits per heavy atom. The molecule has 0 radical (unpaired) electrons. The van der Waals surface area contributed by atoms with Gasteiger partial charge in [-0.3, -0.25) is 4.79 Å². The van der Waals surface area contributed by atoms with Crippen LogP contribution in [0.5, 0.6) is 0 Å². The monoisotopic (exact) mass is 469 g/mol. The van der Waals surface area contributed by atoms with Crippen molar-refractivity contribution in [2.45, 2.75) is 112 Å². The second-order valence-corrected chi connectivity index (χ2v) is 14.6. The van der Waals surface area contributed by atoms with E-state index in [0.29, 0.717) is 23.7 Å².